The number of nitrogens with zero attached hydrogens (tertiary/aromatic N) is 5. The minimum atomic E-state index is -0.0922. The van der Waals surface area contributed by atoms with Gasteiger partial charge in [-0.15, -0.1) is 0 Å². The van der Waals surface area contributed by atoms with Crippen molar-refractivity contribution in [3.63, 3.8) is 0 Å². The van der Waals surface area contributed by atoms with E-state index in [2.05, 4.69) is 49.9 Å². The van der Waals surface area contributed by atoms with Crippen LogP contribution >= 0.6 is 0 Å². The van der Waals surface area contributed by atoms with E-state index in [1.807, 2.05) is 18.3 Å². The average Bonchev–Trinajstić information content (AvgIpc) is 3.16. The van der Waals surface area contributed by atoms with Crippen LogP contribution in [0.25, 0.3) is 0 Å². The van der Waals surface area contributed by atoms with Gasteiger partial charge in [0.05, 0.1) is 5.56 Å². The molecule has 7 heteroatoms. The van der Waals surface area contributed by atoms with Gasteiger partial charge >= 0.3 is 0 Å². The average molecular weight is 371 g/mol. The van der Waals surface area contributed by atoms with E-state index >= 15 is 0 Å². The molecule has 146 valence electrons. The summed E-state index contributed by atoms with van der Waals surface area (Å²) < 4.78 is 2.29. The fraction of sp³-hybridized carbons (Fsp3) is 0.550. The predicted octanol–water partition coefficient (Wildman–Crippen LogP) is 1.97. The molecule has 0 saturated carbocycles. The van der Waals surface area contributed by atoms with E-state index < -0.39 is 0 Å². The zero-order valence-corrected chi connectivity index (χ0v) is 16.6. The summed E-state index contributed by atoms with van der Waals surface area (Å²) in [6.07, 6.45) is 9.03. The van der Waals surface area contributed by atoms with Gasteiger partial charge in [-0.1, -0.05) is 0 Å². The zero-order valence-electron chi connectivity index (χ0n) is 16.6. The topological polar surface area (TPSA) is 66.3 Å². The second-order valence-corrected chi connectivity index (χ2v) is 7.37. The third kappa shape index (κ3) is 4.66. The number of nitrogens with one attached hydrogen (secondary N) is 1. The maximum atomic E-state index is 12.2. The van der Waals surface area contributed by atoms with E-state index in [1.165, 1.54) is 0 Å². The first kappa shape index (κ1) is 19.4. The quantitative estimate of drug-likeness (QED) is 0.807. The van der Waals surface area contributed by atoms with Crippen LogP contribution in [-0.2, 0) is 6.54 Å². The Kier molecular flexibility index (Phi) is 6.45. The van der Waals surface area contributed by atoms with E-state index in [-0.39, 0.29) is 5.91 Å². The Bertz CT molecular complexity index is 756. The summed E-state index contributed by atoms with van der Waals surface area (Å²) in [5, 5.41) is 2.71. The normalized spacial score (nSPS) is 17.3. The Hall–Kier alpha value is -2.41. The van der Waals surface area contributed by atoms with Crippen LogP contribution in [0.5, 0.6) is 0 Å². The lowest BCUT2D eigenvalue weighted by atomic mass is 9.96. The van der Waals surface area contributed by atoms with Gasteiger partial charge in [0.2, 0.25) is 0 Å². The van der Waals surface area contributed by atoms with Gasteiger partial charge in [-0.2, -0.15) is 0 Å². The van der Waals surface area contributed by atoms with E-state index in [1.54, 1.807) is 13.2 Å². The predicted molar refractivity (Wildman–Crippen MR) is 107 cm³/mol. The van der Waals surface area contributed by atoms with Gasteiger partial charge in [-0.3, -0.25) is 4.79 Å². The molecule has 1 aliphatic heterocycles. The first-order chi connectivity index (χ1) is 13.1. The van der Waals surface area contributed by atoms with Gasteiger partial charge in [0, 0.05) is 51.2 Å². The molecule has 1 fully saturated rings. The molecule has 3 rings (SSSR count). The molecule has 0 radical (unpaired) electrons. The molecule has 1 N–H and O–H groups in total. The number of amides is 1. The van der Waals surface area contributed by atoms with Crippen molar-refractivity contribution in [2.75, 3.05) is 45.7 Å². The highest BCUT2D eigenvalue weighted by Crippen LogP contribution is 2.30. The van der Waals surface area contributed by atoms with E-state index in [4.69, 9.17) is 0 Å². The van der Waals surface area contributed by atoms with E-state index in [9.17, 15) is 4.79 Å². The van der Waals surface area contributed by atoms with Crippen LogP contribution in [0.2, 0.25) is 0 Å². The highest BCUT2D eigenvalue weighted by atomic mass is 16.1. The number of aromatic nitrogens is 3. The summed E-state index contributed by atoms with van der Waals surface area (Å²) in [5.74, 6) is 2.18. The lowest BCUT2D eigenvalue weighted by Gasteiger charge is -2.34. The highest BCUT2D eigenvalue weighted by molar-refractivity contribution is 5.98. The monoisotopic (exact) mass is 370 g/mol. The summed E-state index contributed by atoms with van der Waals surface area (Å²) in [5.41, 5.74) is 0.634. The van der Waals surface area contributed by atoms with Crippen molar-refractivity contribution < 1.29 is 4.79 Å². The molecule has 0 unspecified atom stereocenters. The SMILES string of the molecule is CNC(=O)c1cccnc1N1CCC[C@H](c2nccn2CCCN(C)C)C1. The van der Waals surface area contributed by atoms with Gasteiger partial charge in [-0.25, -0.2) is 9.97 Å². The van der Waals surface area contributed by atoms with Crippen molar-refractivity contribution in [3.05, 3.63) is 42.1 Å². The van der Waals surface area contributed by atoms with Crippen LogP contribution in [0, 0.1) is 0 Å². The number of aryl methyl sites for hydroxylation is 1. The lowest BCUT2D eigenvalue weighted by Crippen LogP contribution is -2.37. The minimum absolute atomic E-state index is 0.0922. The van der Waals surface area contributed by atoms with Crippen LogP contribution in [0.4, 0.5) is 5.82 Å². The summed E-state index contributed by atoms with van der Waals surface area (Å²) in [4.78, 5) is 25.8. The summed E-state index contributed by atoms with van der Waals surface area (Å²) in [6, 6.07) is 3.65. The van der Waals surface area contributed by atoms with Gasteiger partial charge in [0.25, 0.3) is 5.91 Å². The van der Waals surface area contributed by atoms with Crippen molar-refractivity contribution in [2.24, 2.45) is 0 Å². The fourth-order valence-corrected chi connectivity index (χ4v) is 3.77. The molecule has 1 amide bonds. The van der Waals surface area contributed by atoms with Crippen LogP contribution < -0.4 is 10.2 Å². The van der Waals surface area contributed by atoms with Crippen molar-refractivity contribution >= 4 is 11.7 Å². The Morgan fingerprint density at radius 3 is 2.96 bits per heavy atom. The molecule has 2 aromatic rings. The maximum absolute atomic E-state index is 12.2. The number of carbonyl (C=O) groups is 1. The van der Waals surface area contributed by atoms with Crippen molar-refractivity contribution in [1.82, 2.24) is 24.8 Å². The number of rotatable bonds is 7. The summed E-state index contributed by atoms with van der Waals surface area (Å²) in [6.45, 7) is 3.81. The smallest absolute Gasteiger partial charge is 0.254 e. The Morgan fingerprint density at radius 2 is 2.19 bits per heavy atom. The molecule has 2 aromatic heterocycles. The molecular formula is C20H30N6O. The third-order valence-corrected chi connectivity index (χ3v) is 5.10. The van der Waals surface area contributed by atoms with Gasteiger partial charge in [-0.05, 0) is 52.0 Å². The van der Waals surface area contributed by atoms with Crippen LogP contribution in [0.1, 0.15) is 41.4 Å². The van der Waals surface area contributed by atoms with Crippen molar-refractivity contribution in [3.8, 4) is 0 Å². The van der Waals surface area contributed by atoms with Crippen LogP contribution in [0.15, 0.2) is 30.7 Å². The van der Waals surface area contributed by atoms with E-state index in [0.717, 1.165) is 57.1 Å². The number of piperidine rings is 1. The number of hydrogen-bond acceptors (Lipinski definition) is 5. The third-order valence-electron chi connectivity index (χ3n) is 5.10. The number of anilines is 1. The number of carbonyl (C=O) groups excluding carboxylic acids is 1. The number of imidazole rings is 1. The number of hydrogen-bond donors (Lipinski definition) is 1. The summed E-state index contributed by atoms with van der Waals surface area (Å²) in [7, 11) is 5.86. The fourth-order valence-electron chi connectivity index (χ4n) is 3.77. The molecule has 1 saturated heterocycles. The molecule has 0 aliphatic carbocycles. The Balaban J connectivity index is 1.74. The first-order valence-electron chi connectivity index (χ1n) is 9.68. The standard InChI is InChI=1S/C20H30N6O/c1-21-20(27)17-8-4-9-22-19(17)26-12-5-7-16(15-26)18-23-10-14-25(18)13-6-11-24(2)3/h4,8-10,14,16H,5-7,11-13,15H2,1-3H3,(H,21,27)/t16-/m0/s1. The number of pyridine rings is 1. The molecule has 27 heavy (non-hydrogen) atoms. The molecule has 0 spiro atoms. The highest BCUT2D eigenvalue weighted by Gasteiger charge is 2.27. The maximum Gasteiger partial charge on any atom is 0.254 e. The Labute approximate surface area is 161 Å². The lowest BCUT2D eigenvalue weighted by molar-refractivity contribution is 0.0963. The molecule has 1 atom stereocenters. The first-order valence-corrected chi connectivity index (χ1v) is 9.68. The van der Waals surface area contributed by atoms with Gasteiger partial charge in [0.15, 0.2) is 0 Å². The minimum Gasteiger partial charge on any atom is -0.355 e. The molecular weight excluding hydrogens is 340 g/mol. The second-order valence-electron chi connectivity index (χ2n) is 7.37. The van der Waals surface area contributed by atoms with Gasteiger partial charge in [0.1, 0.15) is 11.6 Å². The molecule has 3 heterocycles. The van der Waals surface area contributed by atoms with Crippen molar-refractivity contribution in [1.29, 1.82) is 0 Å². The molecule has 7 nitrogen and oxygen atoms in total. The van der Waals surface area contributed by atoms with Crippen LogP contribution in [-0.4, -0.2) is 66.1 Å². The second kappa shape index (κ2) is 8.99. The van der Waals surface area contributed by atoms with Crippen LogP contribution in [0.3, 0.4) is 0 Å². The molecule has 0 aromatic carbocycles. The zero-order chi connectivity index (χ0) is 19.2. The van der Waals surface area contributed by atoms with Crippen molar-refractivity contribution in [2.45, 2.75) is 31.7 Å². The molecule has 0 bridgehead atoms. The summed E-state index contributed by atoms with van der Waals surface area (Å²) >= 11 is 0. The Morgan fingerprint density at radius 1 is 1.33 bits per heavy atom. The van der Waals surface area contributed by atoms with Gasteiger partial charge < -0.3 is 19.7 Å². The largest absolute Gasteiger partial charge is 0.355 e. The molecule has 1 aliphatic rings. The van der Waals surface area contributed by atoms with E-state index in [0.29, 0.717) is 11.5 Å².